The molecule has 0 aliphatic rings. The fourth-order valence-electron chi connectivity index (χ4n) is 1.64. The van der Waals surface area contributed by atoms with Gasteiger partial charge in [-0.2, -0.15) is 5.26 Å². The second-order valence-electron chi connectivity index (χ2n) is 4.17. The summed E-state index contributed by atoms with van der Waals surface area (Å²) in [6.07, 6.45) is 0. The predicted octanol–water partition coefficient (Wildman–Crippen LogP) is 1.48. The number of benzene rings is 1. The van der Waals surface area contributed by atoms with Crippen LogP contribution in [0.25, 0.3) is 0 Å². The Balaban J connectivity index is 2.06. The van der Waals surface area contributed by atoms with Gasteiger partial charge >= 0.3 is 0 Å². The van der Waals surface area contributed by atoms with Crippen LogP contribution < -0.4 is 5.32 Å². The predicted molar refractivity (Wildman–Crippen MR) is 68.2 cm³/mol. The number of rotatable bonds is 3. The topological polar surface area (TPSA) is 94.5 Å². The third-order valence-electron chi connectivity index (χ3n) is 2.69. The van der Waals surface area contributed by atoms with Crippen LogP contribution in [0.1, 0.15) is 40.5 Å². The largest absolute Gasteiger partial charge is 0.343 e. The lowest BCUT2D eigenvalue weighted by Crippen LogP contribution is -2.27. The Labute approximate surface area is 110 Å². The SMILES string of the molecule is Cc1nc(C(=O)NC(C)c2ccc(C#N)cc2)n[nH]1. The van der Waals surface area contributed by atoms with Gasteiger partial charge < -0.3 is 5.32 Å². The van der Waals surface area contributed by atoms with Crippen LogP contribution in [0.4, 0.5) is 0 Å². The maximum absolute atomic E-state index is 11.9. The van der Waals surface area contributed by atoms with E-state index < -0.39 is 0 Å². The van der Waals surface area contributed by atoms with Crippen LogP contribution >= 0.6 is 0 Å². The zero-order chi connectivity index (χ0) is 13.8. The Morgan fingerprint density at radius 1 is 1.42 bits per heavy atom. The van der Waals surface area contributed by atoms with Crippen LogP contribution in [0.2, 0.25) is 0 Å². The normalized spacial score (nSPS) is 11.6. The molecule has 0 aliphatic heterocycles. The van der Waals surface area contributed by atoms with Crippen molar-refractivity contribution in [3.63, 3.8) is 0 Å². The standard InChI is InChI=1S/C13H13N5O/c1-8(11-5-3-10(7-14)4-6-11)15-13(19)12-16-9(2)17-18-12/h3-6,8H,1-2H3,(H,15,19)(H,16,17,18). The van der Waals surface area contributed by atoms with Crippen molar-refractivity contribution in [2.45, 2.75) is 19.9 Å². The first-order chi connectivity index (χ1) is 9.10. The number of aromatic nitrogens is 3. The molecule has 0 saturated carbocycles. The maximum Gasteiger partial charge on any atom is 0.291 e. The lowest BCUT2D eigenvalue weighted by molar-refractivity contribution is 0.0929. The number of H-pyrrole nitrogens is 1. The van der Waals surface area contributed by atoms with Crippen molar-refractivity contribution in [2.24, 2.45) is 0 Å². The van der Waals surface area contributed by atoms with Crippen LogP contribution in [-0.4, -0.2) is 21.1 Å². The Morgan fingerprint density at radius 2 is 2.11 bits per heavy atom. The highest BCUT2D eigenvalue weighted by atomic mass is 16.2. The van der Waals surface area contributed by atoms with E-state index >= 15 is 0 Å². The molecule has 96 valence electrons. The summed E-state index contributed by atoms with van der Waals surface area (Å²) in [5.41, 5.74) is 1.51. The van der Waals surface area contributed by atoms with E-state index in [-0.39, 0.29) is 17.8 Å². The highest BCUT2D eigenvalue weighted by Gasteiger charge is 2.14. The molecule has 0 spiro atoms. The summed E-state index contributed by atoms with van der Waals surface area (Å²) < 4.78 is 0. The van der Waals surface area contributed by atoms with Gasteiger partial charge in [-0.15, -0.1) is 5.10 Å². The van der Waals surface area contributed by atoms with E-state index in [4.69, 9.17) is 5.26 Å². The Hall–Kier alpha value is -2.68. The monoisotopic (exact) mass is 255 g/mol. The summed E-state index contributed by atoms with van der Waals surface area (Å²) in [6, 6.07) is 8.93. The van der Waals surface area contributed by atoms with Gasteiger partial charge in [-0.1, -0.05) is 12.1 Å². The summed E-state index contributed by atoms with van der Waals surface area (Å²) in [4.78, 5) is 15.8. The zero-order valence-corrected chi connectivity index (χ0v) is 10.6. The molecule has 0 fully saturated rings. The number of carbonyl (C=O) groups is 1. The maximum atomic E-state index is 11.9. The smallest absolute Gasteiger partial charge is 0.291 e. The van der Waals surface area contributed by atoms with Gasteiger partial charge in [0.15, 0.2) is 0 Å². The van der Waals surface area contributed by atoms with Crippen LogP contribution in [0.5, 0.6) is 0 Å². The number of carbonyl (C=O) groups excluding carboxylic acids is 1. The molecule has 6 nitrogen and oxygen atoms in total. The first-order valence-corrected chi connectivity index (χ1v) is 5.80. The molecule has 1 heterocycles. The number of hydrogen-bond donors (Lipinski definition) is 2. The van der Waals surface area contributed by atoms with E-state index in [0.29, 0.717) is 11.4 Å². The molecular weight excluding hydrogens is 242 g/mol. The van der Waals surface area contributed by atoms with E-state index in [9.17, 15) is 4.79 Å². The number of hydrogen-bond acceptors (Lipinski definition) is 4. The third-order valence-corrected chi connectivity index (χ3v) is 2.69. The van der Waals surface area contributed by atoms with Crippen molar-refractivity contribution in [1.29, 1.82) is 5.26 Å². The molecule has 2 N–H and O–H groups in total. The number of nitrogens with zero attached hydrogens (tertiary/aromatic N) is 3. The third kappa shape index (κ3) is 2.96. The second kappa shape index (κ2) is 5.31. The van der Waals surface area contributed by atoms with Crippen molar-refractivity contribution >= 4 is 5.91 Å². The molecule has 1 amide bonds. The van der Waals surface area contributed by atoms with Gasteiger partial charge in [-0.3, -0.25) is 9.89 Å². The number of amides is 1. The Bertz CT molecular complexity index is 623. The van der Waals surface area contributed by atoms with E-state index in [1.54, 1.807) is 19.1 Å². The lowest BCUT2D eigenvalue weighted by atomic mass is 10.1. The summed E-state index contributed by atoms with van der Waals surface area (Å²) >= 11 is 0. The van der Waals surface area contributed by atoms with Gasteiger partial charge in [0.05, 0.1) is 17.7 Å². The number of nitriles is 1. The quantitative estimate of drug-likeness (QED) is 0.868. The van der Waals surface area contributed by atoms with Crippen molar-refractivity contribution < 1.29 is 4.79 Å². The molecule has 0 aliphatic carbocycles. The van der Waals surface area contributed by atoms with Gasteiger partial charge in [0.2, 0.25) is 5.82 Å². The summed E-state index contributed by atoms with van der Waals surface area (Å²) in [7, 11) is 0. The van der Waals surface area contributed by atoms with E-state index in [0.717, 1.165) is 5.56 Å². The van der Waals surface area contributed by atoms with Gasteiger partial charge in [0, 0.05) is 0 Å². The average molecular weight is 255 g/mol. The van der Waals surface area contributed by atoms with E-state index in [1.165, 1.54) is 0 Å². The minimum absolute atomic E-state index is 0.123. The molecule has 6 heteroatoms. The summed E-state index contributed by atoms with van der Waals surface area (Å²) in [5, 5.41) is 17.9. The van der Waals surface area contributed by atoms with Crippen molar-refractivity contribution in [3.05, 3.63) is 47.0 Å². The van der Waals surface area contributed by atoms with Crippen molar-refractivity contribution in [1.82, 2.24) is 20.5 Å². The van der Waals surface area contributed by atoms with Gasteiger partial charge in [-0.25, -0.2) is 4.98 Å². The van der Waals surface area contributed by atoms with Crippen molar-refractivity contribution in [3.8, 4) is 6.07 Å². The Kier molecular flexibility index (Phi) is 3.57. The summed E-state index contributed by atoms with van der Waals surface area (Å²) in [6.45, 7) is 3.59. The van der Waals surface area contributed by atoms with Gasteiger partial charge in [0.1, 0.15) is 5.82 Å². The molecule has 2 rings (SSSR count). The molecule has 2 aromatic rings. The molecule has 0 bridgehead atoms. The lowest BCUT2D eigenvalue weighted by Gasteiger charge is -2.12. The first kappa shape index (κ1) is 12.8. The molecule has 1 atom stereocenters. The summed E-state index contributed by atoms with van der Waals surface area (Å²) in [5.74, 6) is 0.385. The molecule has 0 saturated heterocycles. The fourth-order valence-corrected chi connectivity index (χ4v) is 1.64. The fraction of sp³-hybridized carbons (Fsp3) is 0.231. The number of aromatic amines is 1. The molecule has 0 radical (unpaired) electrons. The zero-order valence-electron chi connectivity index (χ0n) is 10.6. The average Bonchev–Trinajstić information content (AvgIpc) is 2.85. The van der Waals surface area contributed by atoms with Crippen LogP contribution in [0, 0.1) is 18.3 Å². The minimum atomic E-state index is -0.332. The second-order valence-corrected chi connectivity index (χ2v) is 4.17. The van der Waals surface area contributed by atoms with Gasteiger partial charge in [0.25, 0.3) is 5.91 Å². The van der Waals surface area contributed by atoms with Crippen LogP contribution in [0.3, 0.4) is 0 Å². The number of nitrogens with one attached hydrogen (secondary N) is 2. The van der Waals surface area contributed by atoms with E-state index in [1.807, 2.05) is 19.1 Å². The molecule has 19 heavy (non-hydrogen) atoms. The minimum Gasteiger partial charge on any atom is -0.343 e. The number of aryl methyl sites for hydroxylation is 1. The Morgan fingerprint density at radius 3 is 2.63 bits per heavy atom. The molecular formula is C13H13N5O. The highest BCUT2D eigenvalue weighted by molar-refractivity contribution is 5.90. The first-order valence-electron chi connectivity index (χ1n) is 5.80. The van der Waals surface area contributed by atoms with Crippen LogP contribution in [-0.2, 0) is 0 Å². The molecule has 1 aromatic carbocycles. The van der Waals surface area contributed by atoms with Gasteiger partial charge in [-0.05, 0) is 31.5 Å². The highest BCUT2D eigenvalue weighted by Crippen LogP contribution is 2.13. The van der Waals surface area contributed by atoms with Crippen LogP contribution in [0.15, 0.2) is 24.3 Å². The molecule has 1 unspecified atom stereocenters. The van der Waals surface area contributed by atoms with Crippen molar-refractivity contribution in [2.75, 3.05) is 0 Å². The molecule has 1 aromatic heterocycles. The van der Waals surface area contributed by atoms with E-state index in [2.05, 4.69) is 26.6 Å².